The predicted octanol–water partition coefficient (Wildman–Crippen LogP) is 3.17. The van der Waals surface area contributed by atoms with Crippen LogP contribution < -0.4 is 5.32 Å². The summed E-state index contributed by atoms with van der Waals surface area (Å²) in [6.45, 7) is 5.68. The van der Waals surface area contributed by atoms with Gasteiger partial charge in [0.25, 0.3) is 0 Å². The molecule has 24 heavy (non-hydrogen) atoms. The van der Waals surface area contributed by atoms with E-state index in [1.807, 2.05) is 0 Å². The minimum absolute atomic E-state index is 0.0808. The third-order valence-corrected chi connectivity index (χ3v) is 3.54. The smallest absolute Gasteiger partial charge is 0.366 e. The van der Waals surface area contributed by atoms with Crippen molar-refractivity contribution in [3.8, 4) is 0 Å². The molecule has 12 heteroatoms. The summed E-state index contributed by atoms with van der Waals surface area (Å²) in [5.41, 5.74) is -4.66. The fourth-order valence-corrected chi connectivity index (χ4v) is 2.72. The van der Waals surface area contributed by atoms with E-state index in [9.17, 15) is 26.3 Å². The molecule has 5 nitrogen and oxygen atoms in total. The molecule has 0 saturated carbocycles. The molecule has 0 unspecified atom stereocenters. The first-order valence-electron chi connectivity index (χ1n) is 6.81. The van der Waals surface area contributed by atoms with Crippen LogP contribution in [0.3, 0.4) is 0 Å². The highest BCUT2D eigenvalue weighted by Crippen LogP contribution is 2.46. The average molecular weight is 389 g/mol. The number of hydrogen-bond acceptors (Lipinski definition) is 3. The summed E-state index contributed by atoms with van der Waals surface area (Å²) in [6.07, 6.45) is -12.6. The lowest BCUT2D eigenvalue weighted by Gasteiger charge is -2.55. The molecule has 1 aliphatic rings. The lowest BCUT2D eigenvalue weighted by Crippen LogP contribution is -2.72. The molecule has 0 atom stereocenters. The minimum atomic E-state index is -4.72. The van der Waals surface area contributed by atoms with E-state index >= 15 is 0 Å². The van der Waals surface area contributed by atoms with Crippen LogP contribution in [0.25, 0.3) is 0 Å². The van der Waals surface area contributed by atoms with E-state index in [2.05, 4.69) is 5.32 Å². The second kappa shape index (κ2) is 7.49. The standard InChI is InChI=1S/C12H19F6NO.H3O3P/c1-8(2)7-19-10(5-11(13,14)15,6-12(16,17)18)9(3,4)20-8;1-4(2)3/h19H,5-7H2,1-4H3;4H,(H2,1,2,3). The highest BCUT2D eigenvalue weighted by Gasteiger charge is 2.60. The number of rotatable bonds is 2. The summed E-state index contributed by atoms with van der Waals surface area (Å²) in [4.78, 5) is 14.3. The Morgan fingerprint density at radius 3 is 1.58 bits per heavy atom. The van der Waals surface area contributed by atoms with Crippen LogP contribution in [-0.4, -0.2) is 45.4 Å². The molecular weight excluding hydrogens is 367 g/mol. The molecule has 0 radical (unpaired) electrons. The van der Waals surface area contributed by atoms with E-state index in [0.717, 1.165) is 0 Å². The van der Waals surface area contributed by atoms with Gasteiger partial charge in [0.05, 0.1) is 29.6 Å². The molecule has 146 valence electrons. The molecule has 0 aromatic rings. The van der Waals surface area contributed by atoms with Crippen molar-refractivity contribution in [2.24, 2.45) is 0 Å². The van der Waals surface area contributed by atoms with Gasteiger partial charge in [-0.05, 0) is 27.7 Å². The molecular formula is C12H22F6NO4P. The molecule has 1 aliphatic heterocycles. The van der Waals surface area contributed by atoms with Crippen LogP contribution in [0.2, 0.25) is 0 Å². The van der Waals surface area contributed by atoms with Crippen LogP contribution in [0, 0.1) is 0 Å². The monoisotopic (exact) mass is 389 g/mol. The van der Waals surface area contributed by atoms with E-state index in [1.165, 1.54) is 13.8 Å². The predicted molar refractivity (Wildman–Crippen MR) is 74.8 cm³/mol. The SMILES string of the molecule is CC1(C)CNC(CC(F)(F)F)(CC(F)(F)F)C(C)(C)O1.O=[PH](O)O. The average Bonchev–Trinajstić information content (AvgIpc) is 2.17. The second-order valence-electron chi connectivity index (χ2n) is 6.67. The van der Waals surface area contributed by atoms with Gasteiger partial charge in [-0.1, -0.05) is 0 Å². The highest BCUT2D eigenvalue weighted by molar-refractivity contribution is 7.30. The molecule has 0 spiro atoms. The Balaban J connectivity index is 0.00000118. The molecule has 0 bridgehead atoms. The Bertz CT molecular complexity index is 430. The Labute approximate surface area is 136 Å². The first-order chi connectivity index (χ1) is 10.3. The van der Waals surface area contributed by atoms with Crippen LogP contribution in [0.4, 0.5) is 26.3 Å². The third kappa shape index (κ3) is 8.15. The first kappa shape index (κ1) is 23.6. The van der Waals surface area contributed by atoms with Crippen molar-refractivity contribution in [2.75, 3.05) is 6.54 Å². The van der Waals surface area contributed by atoms with E-state index in [4.69, 9.17) is 19.1 Å². The zero-order valence-corrected chi connectivity index (χ0v) is 14.6. The maximum Gasteiger partial charge on any atom is 0.390 e. The number of alkyl halides is 6. The van der Waals surface area contributed by atoms with Crippen molar-refractivity contribution in [3.63, 3.8) is 0 Å². The topological polar surface area (TPSA) is 78.8 Å². The molecule has 1 fully saturated rings. The fourth-order valence-electron chi connectivity index (χ4n) is 2.72. The van der Waals surface area contributed by atoms with E-state index in [1.54, 1.807) is 13.8 Å². The molecule has 0 aromatic heterocycles. The van der Waals surface area contributed by atoms with Crippen molar-refractivity contribution in [1.29, 1.82) is 0 Å². The number of halogens is 6. The first-order valence-corrected chi connectivity index (χ1v) is 8.12. The van der Waals surface area contributed by atoms with E-state index in [0.29, 0.717) is 0 Å². The lowest BCUT2D eigenvalue weighted by atomic mass is 9.73. The fraction of sp³-hybridized carbons (Fsp3) is 1.00. The maximum absolute atomic E-state index is 12.7. The van der Waals surface area contributed by atoms with Crippen molar-refractivity contribution in [3.05, 3.63) is 0 Å². The van der Waals surface area contributed by atoms with Gasteiger partial charge in [0, 0.05) is 6.54 Å². The lowest BCUT2D eigenvalue weighted by molar-refractivity contribution is -0.259. The molecule has 0 aliphatic carbocycles. The molecule has 3 N–H and O–H groups in total. The molecule has 1 saturated heterocycles. The molecule has 1 rings (SSSR count). The van der Waals surface area contributed by atoms with Crippen LogP contribution in [-0.2, 0) is 9.30 Å². The molecule has 0 amide bonds. The molecule has 0 aromatic carbocycles. The second-order valence-corrected chi connectivity index (χ2v) is 7.24. The summed E-state index contributed by atoms with van der Waals surface area (Å²) >= 11 is 0. The van der Waals surface area contributed by atoms with E-state index < -0.39 is 50.2 Å². The minimum Gasteiger partial charge on any atom is -0.366 e. The quantitative estimate of drug-likeness (QED) is 0.500. The Hall–Kier alpha value is -0.350. The zero-order valence-electron chi connectivity index (χ0n) is 13.6. The molecule has 1 heterocycles. The van der Waals surface area contributed by atoms with Gasteiger partial charge in [-0.2, -0.15) is 26.3 Å². The number of morpholine rings is 1. The summed E-state index contributed by atoms with van der Waals surface area (Å²) in [6, 6.07) is 0. The van der Waals surface area contributed by atoms with Crippen molar-refractivity contribution in [2.45, 2.75) is 69.6 Å². The normalized spacial score (nSPS) is 22.7. The van der Waals surface area contributed by atoms with Crippen LogP contribution in [0.1, 0.15) is 40.5 Å². The Morgan fingerprint density at radius 2 is 1.33 bits per heavy atom. The number of hydrogen-bond donors (Lipinski definition) is 3. The summed E-state index contributed by atoms with van der Waals surface area (Å²) in [5.74, 6) is 0. The van der Waals surface area contributed by atoms with Crippen molar-refractivity contribution < 1.29 is 45.4 Å². The largest absolute Gasteiger partial charge is 0.390 e. The van der Waals surface area contributed by atoms with Crippen molar-refractivity contribution >= 4 is 8.25 Å². The van der Waals surface area contributed by atoms with Gasteiger partial charge in [0.2, 0.25) is 0 Å². The van der Waals surface area contributed by atoms with Gasteiger partial charge in [-0.25, -0.2) is 0 Å². The maximum atomic E-state index is 12.7. The Morgan fingerprint density at radius 1 is 1.00 bits per heavy atom. The number of ether oxygens (including phenoxy) is 1. The van der Waals surface area contributed by atoms with Gasteiger partial charge >= 0.3 is 20.6 Å². The summed E-state index contributed by atoms with van der Waals surface area (Å²) in [5, 5.41) is 2.46. The van der Waals surface area contributed by atoms with Crippen LogP contribution in [0.15, 0.2) is 0 Å². The highest BCUT2D eigenvalue weighted by atomic mass is 31.1. The number of nitrogens with one attached hydrogen (secondary N) is 1. The van der Waals surface area contributed by atoms with Gasteiger partial charge in [-0.15, -0.1) is 0 Å². The van der Waals surface area contributed by atoms with Gasteiger partial charge in [0.15, 0.2) is 0 Å². The van der Waals surface area contributed by atoms with Gasteiger partial charge < -0.3 is 19.8 Å². The van der Waals surface area contributed by atoms with Crippen molar-refractivity contribution in [1.82, 2.24) is 5.32 Å². The van der Waals surface area contributed by atoms with Crippen LogP contribution in [0.5, 0.6) is 0 Å². The Kier molecular flexibility index (Phi) is 7.38. The van der Waals surface area contributed by atoms with Crippen LogP contribution >= 0.6 is 8.25 Å². The zero-order chi connectivity index (χ0) is 19.6. The van der Waals surface area contributed by atoms with E-state index in [-0.39, 0.29) is 6.54 Å². The third-order valence-electron chi connectivity index (χ3n) is 3.54. The summed E-state index contributed by atoms with van der Waals surface area (Å²) < 4.78 is 90.6. The van der Waals surface area contributed by atoms with Gasteiger partial charge in [0.1, 0.15) is 0 Å². The summed E-state index contributed by atoms with van der Waals surface area (Å²) in [7, 11) is -3.13. The van der Waals surface area contributed by atoms with Gasteiger partial charge in [-0.3, -0.25) is 4.57 Å².